The SMILES string of the molecule is C[C@H](Nc1cc(N)ncn1)c1nc2ccccc2n1-c1cccnc1. The summed E-state index contributed by atoms with van der Waals surface area (Å²) in [5.41, 5.74) is 8.65. The van der Waals surface area contributed by atoms with Crippen LogP contribution in [0.3, 0.4) is 0 Å². The van der Waals surface area contributed by atoms with E-state index >= 15 is 0 Å². The number of rotatable bonds is 4. The van der Waals surface area contributed by atoms with Crippen LogP contribution in [0.15, 0.2) is 61.2 Å². The summed E-state index contributed by atoms with van der Waals surface area (Å²) in [5, 5.41) is 3.34. The monoisotopic (exact) mass is 331 g/mol. The number of anilines is 2. The van der Waals surface area contributed by atoms with Gasteiger partial charge in [0.15, 0.2) is 0 Å². The molecule has 3 heterocycles. The van der Waals surface area contributed by atoms with Gasteiger partial charge in [0.2, 0.25) is 0 Å². The van der Waals surface area contributed by atoms with Crippen LogP contribution in [0, 0.1) is 0 Å². The number of hydrogen-bond donors (Lipinski definition) is 2. The lowest BCUT2D eigenvalue weighted by atomic mass is 10.2. The Kier molecular flexibility index (Phi) is 3.74. The van der Waals surface area contributed by atoms with Crippen LogP contribution in [-0.2, 0) is 0 Å². The predicted molar refractivity (Wildman–Crippen MR) is 97.3 cm³/mol. The van der Waals surface area contributed by atoms with Crippen LogP contribution < -0.4 is 11.1 Å². The molecule has 4 rings (SSSR count). The zero-order valence-corrected chi connectivity index (χ0v) is 13.7. The standard InChI is InChI=1S/C18H17N7/c1-12(23-17-9-16(19)21-11-22-17)18-24-14-6-2-3-7-15(14)25(18)13-5-4-8-20-10-13/h2-12H,1H3,(H3,19,21,22,23)/t12-/m0/s1. The van der Waals surface area contributed by atoms with Crippen molar-refractivity contribution in [3.63, 3.8) is 0 Å². The van der Waals surface area contributed by atoms with Crippen LogP contribution in [0.1, 0.15) is 18.8 Å². The summed E-state index contributed by atoms with van der Waals surface area (Å²) in [4.78, 5) is 17.2. The van der Waals surface area contributed by atoms with Crippen molar-refractivity contribution < 1.29 is 0 Å². The maximum absolute atomic E-state index is 5.74. The summed E-state index contributed by atoms with van der Waals surface area (Å²) in [6, 6.07) is 13.6. The number of pyridine rings is 1. The van der Waals surface area contributed by atoms with E-state index in [0.717, 1.165) is 22.5 Å². The molecule has 0 amide bonds. The average molecular weight is 331 g/mol. The molecule has 0 aliphatic heterocycles. The maximum Gasteiger partial charge on any atom is 0.136 e. The Labute approximate surface area is 144 Å². The molecule has 0 spiro atoms. The van der Waals surface area contributed by atoms with Crippen molar-refractivity contribution >= 4 is 22.7 Å². The molecular formula is C18H17N7. The highest BCUT2D eigenvalue weighted by Crippen LogP contribution is 2.26. The number of imidazole rings is 1. The van der Waals surface area contributed by atoms with Gasteiger partial charge in [-0.25, -0.2) is 15.0 Å². The molecule has 0 radical (unpaired) electrons. The average Bonchev–Trinajstić information content (AvgIpc) is 3.02. The van der Waals surface area contributed by atoms with Gasteiger partial charge in [-0.3, -0.25) is 9.55 Å². The molecule has 0 saturated carbocycles. The van der Waals surface area contributed by atoms with E-state index in [2.05, 4.69) is 24.8 Å². The number of nitrogens with one attached hydrogen (secondary N) is 1. The number of nitrogens with two attached hydrogens (primary N) is 1. The second-order valence-corrected chi connectivity index (χ2v) is 5.70. The molecular weight excluding hydrogens is 314 g/mol. The van der Waals surface area contributed by atoms with Crippen molar-refractivity contribution in [1.82, 2.24) is 24.5 Å². The molecule has 4 aromatic rings. The second-order valence-electron chi connectivity index (χ2n) is 5.70. The topological polar surface area (TPSA) is 94.5 Å². The number of hydrogen-bond acceptors (Lipinski definition) is 6. The number of nitrogen functional groups attached to an aromatic ring is 1. The van der Waals surface area contributed by atoms with Crippen molar-refractivity contribution in [2.45, 2.75) is 13.0 Å². The number of nitrogens with zero attached hydrogens (tertiary/aromatic N) is 5. The lowest BCUT2D eigenvalue weighted by Gasteiger charge is -2.16. The first-order valence-electron chi connectivity index (χ1n) is 7.94. The Morgan fingerprint density at radius 2 is 2.00 bits per heavy atom. The van der Waals surface area contributed by atoms with Crippen LogP contribution in [-0.4, -0.2) is 24.5 Å². The van der Waals surface area contributed by atoms with Gasteiger partial charge in [-0.15, -0.1) is 0 Å². The van der Waals surface area contributed by atoms with Gasteiger partial charge >= 0.3 is 0 Å². The van der Waals surface area contributed by atoms with E-state index < -0.39 is 0 Å². The van der Waals surface area contributed by atoms with Crippen molar-refractivity contribution in [1.29, 1.82) is 0 Å². The largest absolute Gasteiger partial charge is 0.384 e. The molecule has 124 valence electrons. The van der Waals surface area contributed by atoms with E-state index in [0.29, 0.717) is 11.6 Å². The van der Waals surface area contributed by atoms with Crippen molar-refractivity contribution in [3.8, 4) is 5.69 Å². The highest BCUT2D eigenvalue weighted by Gasteiger charge is 2.18. The van der Waals surface area contributed by atoms with E-state index in [1.807, 2.05) is 49.5 Å². The number of fused-ring (bicyclic) bond motifs is 1. The van der Waals surface area contributed by atoms with Crippen molar-refractivity contribution in [2.24, 2.45) is 0 Å². The fourth-order valence-electron chi connectivity index (χ4n) is 2.83. The minimum absolute atomic E-state index is 0.0955. The number of para-hydroxylation sites is 2. The number of aromatic nitrogens is 5. The number of benzene rings is 1. The molecule has 0 unspecified atom stereocenters. The Bertz CT molecular complexity index is 1010. The van der Waals surface area contributed by atoms with E-state index in [1.165, 1.54) is 6.33 Å². The Morgan fingerprint density at radius 3 is 2.80 bits per heavy atom. The molecule has 1 aromatic carbocycles. The van der Waals surface area contributed by atoms with Gasteiger partial charge in [0.1, 0.15) is 23.8 Å². The first kappa shape index (κ1) is 15.1. The van der Waals surface area contributed by atoms with Gasteiger partial charge in [0.25, 0.3) is 0 Å². The van der Waals surface area contributed by atoms with E-state index in [9.17, 15) is 0 Å². The Balaban J connectivity index is 1.81. The van der Waals surface area contributed by atoms with Gasteiger partial charge in [-0.05, 0) is 31.2 Å². The van der Waals surface area contributed by atoms with Crippen LogP contribution in [0.5, 0.6) is 0 Å². The quantitative estimate of drug-likeness (QED) is 0.597. The highest BCUT2D eigenvalue weighted by molar-refractivity contribution is 5.78. The molecule has 0 bridgehead atoms. The molecule has 0 fully saturated rings. The van der Waals surface area contributed by atoms with E-state index in [-0.39, 0.29) is 6.04 Å². The van der Waals surface area contributed by atoms with Gasteiger partial charge in [0, 0.05) is 12.3 Å². The highest BCUT2D eigenvalue weighted by atomic mass is 15.2. The third kappa shape index (κ3) is 2.87. The van der Waals surface area contributed by atoms with Gasteiger partial charge in [-0.1, -0.05) is 12.1 Å². The minimum Gasteiger partial charge on any atom is -0.384 e. The normalized spacial score (nSPS) is 12.2. The molecule has 25 heavy (non-hydrogen) atoms. The maximum atomic E-state index is 5.74. The molecule has 3 N–H and O–H groups in total. The summed E-state index contributed by atoms with van der Waals surface area (Å²) in [6.07, 6.45) is 5.02. The van der Waals surface area contributed by atoms with Crippen molar-refractivity contribution in [3.05, 3.63) is 67.0 Å². The van der Waals surface area contributed by atoms with E-state index in [1.54, 1.807) is 12.3 Å². The van der Waals surface area contributed by atoms with Crippen LogP contribution in [0.25, 0.3) is 16.7 Å². The Morgan fingerprint density at radius 1 is 1.12 bits per heavy atom. The van der Waals surface area contributed by atoms with Crippen molar-refractivity contribution in [2.75, 3.05) is 11.1 Å². The predicted octanol–water partition coefficient (Wildman–Crippen LogP) is 2.97. The third-order valence-electron chi connectivity index (χ3n) is 3.93. The molecule has 0 saturated heterocycles. The zero-order valence-electron chi connectivity index (χ0n) is 13.7. The smallest absolute Gasteiger partial charge is 0.136 e. The van der Waals surface area contributed by atoms with Crippen LogP contribution >= 0.6 is 0 Å². The summed E-state index contributed by atoms with van der Waals surface area (Å²) in [7, 11) is 0. The summed E-state index contributed by atoms with van der Waals surface area (Å²) in [5.74, 6) is 1.95. The molecule has 7 heteroatoms. The lowest BCUT2D eigenvalue weighted by Crippen LogP contribution is -2.14. The minimum atomic E-state index is -0.0955. The zero-order chi connectivity index (χ0) is 17.2. The first-order valence-corrected chi connectivity index (χ1v) is 7.94. The van der Waals surface area contributed by atoms with Crippen LogP contribution in [0.4, 0.5) is 11.6 Å². The summed E-state index contributed by atoms with van der Waals surface area (Å²) in [6.45, 7) is 2.03. The summed E-state index contributed by atoms with van der Waals surface area (Å²) >= 11 is 0. The molecule has 3 aromatic heterocycles. The fourth-order valence-corrected chi connectivity index (χ4v) is 2.83. The van der Waals surface area contributed by atoms with Gasteiger partial charge in [-0.2, -0.15) is 0 Å². The first-order chi connectivity index (χ1) is 12.2. The van der Waals surface area contributed by atoms with Gasteiger partial charge < -0.3 is 11.1 Å². The molecule has 0 aliphatic carbocycles. The lowest BCUT2D eigenvalue weighted by molar-refractivity contribution is 0.767. The van der Waals surface area contributed by atoms with Crippen LogP contribution in [0.2, 0.25) is 0 Å². The Hall–Kier alpha value is -3.48. The van der Waals surface area contributed by atoms with E-state index in [4.69, 9.17) is 10.7 Å². The molecule has 0 aliphatic rings. The molecule has 1 atom stereocenters. The summed E-state index contributed by atoms with van der Waals surface area (Å²) < 4.78 is 2.10. The van der Waals surface area contributed by atoms with Gasteiger partial charge in [0.05, 0.1) is 29.0 Å². The second kappa shape index (κ2) is 6.20. The third-order valence-corrected chi connectivity index (χ3v) is 3.93. The fraction of sp³-hybridized carbons (Fsp3) is 0.111. The molecule has 7 nitrogen and oxygen atoms in total.